The molecule has 0 aliphatic carbocycles. The minimum absolute atomic E-state index is 0.151. The highest BCUT2D eigenvalue weighted by molar-refractivity contribution is 5.99. The molecule has 2 fully saturated rings. The first-order valence-electron chi connectivity index (χ1n) is 7.48. The average molecular weight is 268 g/mol. The van der Waals surface area contributed by atoms with Crippen LogP contribution in [0.5, 0.6) is 0 Å². The van der Waals surface area contributed by atoms with Crippen molar-refractivity contribution < 1.29 is 4.79 Å². The molecule has 1 aromatic rings. The summed E-state index contributed by atoms with van der Waals surface area (Å²) >= 11 is 0. The van der Waals surface area contributed by atoms with Gasteiger partial charge in [-0.15, -0.1) is 0 Å². The number of benzene rings is 1. The van der Waals surface area contributed by atoms with Crippen LogP contribution in [0.2, 0.25) is 0 Å². The summed E-state index contributed by atoms with van der Waals surface area (Å²) in [4.78, 5) is 12.7. The molecule has 0 radical (unpaired) electrons. The zero-order chi connectivity index (χ0) is 14.1. The molecule has 2 aliphatic rings. The monoisotopic (exact) mass is 268 g/mol. The number of aryl methyl sites for hydroxylation is 1. The Morgan fingerprint density at radius 1 is 1.30 bits per heavy atom. The van der Waals surface area contributed by atoms with Crippen molar-refractivity contribution in [2.75, 3.05) is 0 Å². The molecule has 3 nitrogen and oxygen atoms in total. The highest BCUT2D eigenvalue weighted by Gasteiger charge is 2.35. The summed E-state index contributed by atoms with van der Waals surface area (Å²) in [5.41, 5.74) is 2.35. The number of nitrogens with one attached hydrogen (secondary N) is 1. The molecule has 0 saturated carbocycles. The minimum atomic E-state index is 0.151. The van der Waals surface area contributed by atoms with Crippen LogP contribution in [0.4, 0.5) is 0 Å². The van der Waals surface area contributed by atoms with E-state index in [4.69, 9.17) is 5.26 Å². The number of piperidine rings is 2. The van der Waals surface area contributed by atoms with Gasteiger partial charge in [0.25, 0.3) is 0 Å². The first kappa shape index (κ1) is 13.3. The van der Waals surface area contributed by atoms with Gasteiger partial charge in [0.2, 0.25) is 0 Å². The predicted molar refractivity (Wildman–Crippen MR) is 77.5 cm³/mol. The number of Topliss-reactive ketones (excluding diaryl/α,β-unsaturated/α-hetero) is 1. The Morgan fingerprint density at radius 2 is 2.00 bits per heavy atom. The van der Waals surface area contributed by atoms with Gasteiger partial charge in [0.15, 0.2) is 5.78 Å². The largest absolute Gasteiger partial charge is 0.311 e. The summed E-state index contributed by atoms with van der Waals surface area (Å²) in [5, 5.41) is 12.5. The quantitative estimate of drug-likeness (QED) is 0.839. The number of fused-ring (bicyclic) bond motifs is 2. The second-order valence-electron chi connectivity index (χ2n) is 6.17. The SMILES string of the molecule is Cc1cc(C#N)ccc1C(=O)C1CC2CCCC(C1)N2. The van der Waals surface area contributed by atoms with Crippen molar-refractivity contribution in [2.24, 2.45) is 5.92 Å². The fourth-order valence-corrected chi connectivity index (χ4v) is 3.71. The fraction of sp³-hybridized carbons (Fsp3) is 0.529. The molecule has 2 bridgehead atoms. The topological polar surface area (TPSA) is 52.9 Å². The van der Waals surface area contributed by atoms with Crippen LogP contribution in [0.25, 0.3) is 0 Å². The molecule has 3 rings (SSSR count). The summed E-state index contributed by atoms with van der Waals surface area (Å²) in [5.74, 6) is 0.420. The average Bonchev–Trinajstić information content (AvgIpc) is 2.46. The third-order valence-electron chi connectivity index (χ3n) is 4.71. The number of hydrogen-bond acceptors (Lipinski definition) is 3. The summed E-state index contributed by atoms with van der Waals surface area (Å²) in [7, 11) is 0. The molecule has 0 amide bonds. The Balaban J connectivity index is 1.80. The van der Waals surface area contributed by atoms with Crippen molar-refractivity contribution in [3.63, 3.8) is 0 Å². The molecule has 2 aliphatic heterocycles. The lowest BCUT2D eigenvalue weighted by Crippen LogP contribution is -2.50. The van der Waals surface area contributed by atoms with Gasteiger partial charge in [-0.25, -0.2) is 0 Å². The van der Waals surface area contributed by atoms with E-state index < -0.39 is 0 Å². The lowest BCUT2D eigenvalue weighted by molar-refractivity contribution is 0.0824. The van der Waals surface area contributed by atoms with Crippen LogP contribution in [0.15, 0.2) is 18.2 Å². The smallest absolute Gasteiger partial charge is 0.166 e. The maximum absolute atomic E-state index is 12.7. The molecule has 104 valence electrons. The van der Waals surface area contributed by atoms with Gasteiger partial charge in [-0.1, -0.05) is 6.42 Å². The molecule has 0 aromatic heterocycles. The van der Waals surface area contributed by atoms with E-state index in [-0.39, 0.29) is 11.7 Å². The number of carbonyl (C=O) groups excluding carboxylic acids is 1. The van der Waals surface area contributed by atoms with Gasteiger partial charge in [-0.2, -0.15) is 5.26 Å². The summed E-state index contributed by atoms with van der Waals surface area (Å²) in [6.07, 6.45) is 5.63. The molecule has 2 heterocycles. The van der Waals surface area contributed by atoms with Crippen LogP contribution in [0.1, 0.15) is 53.6 Å². The van der Waals surface area contributed by atoms with Gasteiger partial charge in [0, 0.05) is 23.6 Å². The van der Waals surface area contributed by atoms with Crippen molar-refractivity contribution >= 4 is 5.78 Å². The number of ketones is 1. The zero-order valence-electron chi connectivity index (χ0n) is 11.9. The van der Waals surface area contributed by atoms with Crippen LogP contribution in [-0.4, -0.2) is 17.9 Å². The standard InChI is InChI=1S/C17H20N2O/c1-11-7-12(10-18)5-6-16(11)17(20)13-8-14-3-2-4-15(9-13)19-14/h5-7,13-15,19H,2-4,8-9H2,1H3. The third kappa shape index (κ3) is 2.48. The molecule has 3 heteroatoms. The van der Waals surface area contributed by atoms with E-state index in [9.17, 15) is 4.79 Å². The summed E-state index contributed by atoms with van der Waals surface area (Å²) < 4.78 is 0. The van der Waals surface area contributed by atoms with Crippen molar-refractivity contribution in [1.82, 2.24) is 5.32 Å². The molecule has 20 heavy (non-hydrogen) atoms. The van der Waals surface area contributed by atoms with E-state index in [1.165, 1.54) is 19.3 Å². The maximum Gasteiger partial charge on any atom is 0.166 e. The minimum Gasteiger partial charge on any atom is -0.311 e. The zero-order valence-corrected chi connectivity index (χ0v) is 11.9. The Hall–Kier alpha value is -1.66. The number of nitrogens with zero attached hydrogens (tertiary/aromatic N) is 1. The first-order chi connectivity index (χ1) is 9.67. The molecule has 2 saturated heterocycles. The van der Waals surface area contributed by atoms with Crippen molar-refractivity contribution in [3.05, 3.63) is 34.9 Å². The fourth-order valence-electron chi connectivity index (χ4n) is 3.71. The van der Waals surface area contributed by atoms with Gasteiger partial charge in [0.05, 0.1) is 11.6 Å². The van der Waals surface area contributed by atoms with E-state index in [2.05, 4.69) is 11.4 Å². The number of carbonyl (C=O) groups is 1. The molecular formula is C17H20N2O. The summed E-state index contributed by atoms with van der Waals surface area (Å²) in [6.45, 7) is 1.93. The molecule has 1 aromatic carbocycles. The van der Waals surface area contributed by atoms with Crippen LogP contribution in [0, 0.1) is 24.2 Å². The van der Waals surface area contributed by atoms with Gasteiger partial charge in [-0.05, 0) is 56.4 Å². The lowest BCUT2D eigenvalue weighted by atomic mass is 9.77. The number of nitriles is 1. The van der Waals surface area contributed by atoms with E-state index in [0.29, 0.717) is 17.6 Å². The van der Waals surface area contributed by atoms with Crippen molar-refractivity contribution in [2.45, 2.75) is 51.1 Å². The maximum atomic E-state index is 12.7. The van der Waals surface area contributed by atoms with Crippen molar-refractivity contribution in [3.8, 4) is 6.07 Å². The Kier molecular flexibility index (Phi) is 3.58. The highest BCUT2D eigenvalue weighted by atomic mass is 16.1. The molecule has 1 N–H and O–H groups in total. The second-order valence-corrected chi connectivity index (χ2v) is 6.17. The van der Waals surface area contributed by atoms with E-state index >= 15 is 0 Å². The van der Waals surface area contributed by atoms with E-state index in [0.717, 1.165) is 24.0 Å². The van der Waals surface area contributed by atoms with Gasteiger partial charge in [-0.3, -0.25) is 4.79 Å². The normalized spacial score (nSPS) is 28.7. The number of rotatable bonds is 2. The number of hydrogen-bond donors (Lipinski definition) is 1. The van der Waals surface area contributed by atoms with Crippen LogP contribution >= 0.6 is 0 Å². The Bertz CT molecular complexity index is 561. The highest BCUT2D eigenvalue weighted by Crippen LogP contribution is 2.32. The molecule has 2 unspecified atom stereocenters. The Labute approximate surface area is 120 Å². The lowest BCUT2D eigenvalue weighted by Gasteiger charge is -2.39. The van der Waals surface area contributed by atoms with E-state index in [1.54, 1.807) is 6.07 Å². The van der Waals surface area contributed by atoms with Crippen LogP contribution < -0.4 is 5.32 Å². The van der Waals surface area contributed by atoms with E-state index in [1.807, 2.05) is 19.1 Å². The molecule has 2 atom stereocenters. The van der Waals surface area contributed by atoms with Crippen LogP contribution in [-0.2, 0) is 0 Å². The van der Waals surface area contributed by atoms with Crippen LogP contribution in [0.3, 0.4) is 0 Å². The van der Waals surface area contributed by atoms with Gasteiger partial charge < -0.3 is 5.32 Å². The van der Waals surface area contributed by atoms with Gasteiger partial charge >= 0.3 is 0 Å². The van der Waals surface area contributed by atoms with Gasteiger partial charge in [0.1, 0.15) is 0 Å². The summed E-state index contributed by atoms with van der Waals surface area (Å²) in [6, 6.07) is 8.57. The first-order valence-corrected chi connectivity index (χ1v) is 7.48. The third-order valence-corrected chi connectivity index (χ3v) is 4.71. The molecular weight excluding hydrogens is 248 g/mol. The van der Waals surface area contributed by atoms with Crippen molar-refractivity contribution in [1.29, 1.82) is 5.26 Å². The predicted octanol–water partition coefficient (Wildman–Crippen LogP) is 2.97. The Morgan fingerprint density at radius 3 is 2.60 bits per heavy atom. The second kappa shape index (κ2) is 5.38. The molecule has 0 spiro atoms.